The molecule has 2 aromatic rings. The Hall–Kier alpha value is -1.58. The number of rotatable bonds is 5. The lowest BCUT2D eigenvalue weighted by atomic mass is 10.2. The predicted molar refractivity (Wildman–Crippen MR) is 103 cm³/mol. The first-order valence-electron chi connectivity index (χ1n) is 7.50. The number of aromatic nitrogens is 4. The maximum atomic E-state index is 4.59. The van der Waals surface area contributed by atoms with Crippen LogP contribution in [0.15, 0.2) is 17.4 Å². The zero-order chi connectivity index (χ0) is 16.1. The largest absolute Gasteiger partial charge is 0.357 e. The van der Waals surface area contributed by atoms with Crippen molar-refractivity contribution in [3.63, 3.8) is 0 Å². The lowest BCUT2D eigenvalue weighted by Crippen LogP contribution is -2.37. The highest BCUT2D eigenvalue weighted by Gasteiger charge is 2.09. The SMILES string of the molecule is CCNC(=NCc1cnn(C)c1)NCc1c(C)nn(C)c1C.I. The number of hydrogen-bond acceptors (Lipinski definition) is 3. The van der Waals surface area contributed by atoms with Gasteiger partial charge >= 0.3 is 0 Å². The first-order chi connectivity index (χ1) is 10.5. The Bertz CT molecular complexity index is 657. The average Bonchev–Trinajstić information content (AvgIpc) is 2.99. The summed E-state index contributed by atoms with van der Waals surface area (Å²) in [5.74, 6) is 0.800. The lowest BCUT2D eigenvalue weighted by molar-refractivity contribution is 0.728. The Morgan fingerprint density at radius 2 is 2.00 bits per heavy atom. The summed E-state index contributed by atoms with van der Waals surface area (Å²) in [5.41, 5.74) is 4.53. The molecule has 0 aliphatic carbocycles. The van der Waals surface area contributed by atoms with Crippen LogP contribution in [0.2, 0.25) is 0 Å². The number of guanidine groups is 1. The van der Waals surface area contributed by atoms with Gasteiger partial charge in [0.05, 0.1) is 18.4 Å². The Kier molecular flexibility index (Phi) is 7.53. The van der Waals surface area contributed by atoms with E-state index in [2.05, 4.69) is 39.7 Å². The summed E-state index contributed by atoms with van der Waals surface area (Å²) in [6.07, 6.45) is 3.81. The molecule has 0 unspecified atom stereocenters. The summed E-state index contributed by atoms with van der Waals surface area (Å²) >= 11 is 0. The molecular weight excluding hydrogens is 405 g/mol. The van der Waals surface area contributed by atoms with Crippen LogP contribution in [0.25, 0.3) is 0 Å². The molecule has 0 fully saturated rings. The fraction of sp³-hybridized carbons (Fsp3) is 0.533. The van der Waals surface area contributed by atoms with E-state index in [1.165, 1.54) is 11.3 Å². The van der Waals surface area contributed by atoms with E-state index in [4.69, 9.17) is 0 Å². The van der Waals surface area contributed by atoms with Gasteiger partial charge in [-0.25, -0.2) is 4.99 Å². The van der Waals surface area contributed by atoms with Crippen LogP contribution in [-0.2, 0) is 27.2 Å². The number of hydrogen-bond donors (Lipinski definition) is 2. The van der Waals surface area contributed by atoms with Crippen molar-refractivity contribution in [3.8, 4) is 0 Å². The summed E-state index contributed by atoms with van der Waals surface area (Å²) in [7, 11) is 3.87. The summed E-state index contributed by atoms with van der Waals surface area (Å²) in [5, 5.41) is 15.2. The summed E-state index contributed by atoms with van der Waals surface area (Å²) in [6, 6.07) is 0. The third kappa shape index (κ3) is 5.22. The van der Waals surface area contributed by atoms with Gasteiger partial charge in [-0.2, -0.15) is 10.2 Å². The van der Waals surface area contributed by atoms with Gasteiger partial charge in [-0.05, 0) is 20.8 Å². The standard InChI is InChI=1S/C15H25N7.HI/c1-6-16-15(17-7-13-8-19-21(4)10-13)18-9-14-11(2)20-22(5)12(14)3;/h8,10H,6-7,9H2,1-5H3,(H2,16,17,18);1H. The van der Waals surface area contributed by atoms with Crippen molar-refractivity contribution in [1.82, 2.24) is 30.2 Å². The van der Waals surface area contributed by atoms with Gasteiger partial charge in [0.25, 0.3) is 0 Å². The van der Waals surface area contributed by atoms with Crippen molar-refractivity contribution in [2.24, 2.45) is 19.1 Å². The van der Waals surface area contributed by atoms with Crippen LogP contribution in [0, 0.1) is 13.8 Å². The second kappa shape index (κ2) is 8.90. The third-order valence-electron chi connectivity index (χ3n) is 3.61. The van der Waals surface area contributed by atoms with E-state index in [1.807, 2.05) is 38.1 Å². The van der Waals surface area contributed by atoms with Gasteiger partial charge in [-0.3, -0.25) is 9.36 Å². The fourth-order valence-corrected chi connectivity index (χ4v) is 2.31. The van der Waals surface area contributed by atoms with Crippen molar-refractivity contribution in [2.75, 3.05) is 6.54 Å². The van der Waals surface area contributed by atoms with E-state index >= 15 is 0 Å². The third-order valence-corrected chi connectivity index (χ3v) is 3.61. The smallest absolute Gasteiger partial charge is 0.191 e. The van der Waals surface area contributed by atoms with Crippen LogP contribution >= 0.6 is 24.0 Å². The van der Waals surface area contributed by atoms with E-state index in [9.17, 15) is 0 Å². The maximum absolute atomic E-state index is 4.59. The molecule has 2 rings (SSSR count). The monoisotopic (exact) mass is 431 g/mol. The van der Waals surface area contributed by atoms with Gasteiger partial charge in [-0.15, -0.1) is 24.0 Å². The normalized spacial score (nSPS) is 11.3. The van der Waals surface area contributed by atoms with Gasteiger partial charge in [0.2, 0.25) is 0 Å². The molecule has 7 nitrogen and oxygen atoms in total. The van der Waals surface area contributed by atoms with E-state index in [-0.39, 0.29) is 24.0 Å². The van der Waals surface area contributed by atoms with Crippen LogP contribution in [-0.4, -0.2) is 32.1 Å². The number of nitrogens with one attached hydrogen (secondary N) is 2. The van der Waals surface area contributed by atoms with Gasteiger partial charge in [-0.1, -0.05) is 0 Å². The molecule has 2 aromatic heterocycles. The van der Waals surface area contributed by atoms with E-state index in [1.54, 1.807) is 4.68 Å². The first kappa shape index (κ1) is 19.5. The quantitative estimate of drug-likeness (QED) is 0.429. The molecule has 2 N–H and O–H groups in total. The van der Waals surface area contributed by atoms with E-state index < -0.39 is 0 Å². The molecule has 23 heavy (non-hydrogen) atoms. The van der Waals surface area contributed by atoms with Crippen LogP contribution in [0.3, 0.4) is 0 Å². The topological polar surface area (TPSA) is 72.1 Å². The van der Waals surface area contributed by atoms with Crippen molar-refractivity contribution >= 4 is 29.9 Å². The van der Waals surface area contributed by atoms with Crippen LogP contribution < -0.4 is 10.6 Å². The van der Waals surface area contributed by atoms with E-state index in [0.717, 1.165) is 23.8 Å². The highest BCUT2D eigenvalue weighted by molar-refractivity contribution is 14.0. The number of aliphatic imine (C=N–C) groups is 1. The van der Waals surface area contributed by atoms with Crippen LogP contribution in [0.4, 0.5) is 0 Å². The predicted octanol–water partition coefficient (Wildman–Crippen LogP) is 1.64. The fourth-order valence-electron chi connectivity index (χ4n) is 2.31. The molecule has 0 amide bonds. The second-order valence-electron chi connectivity index (χ2n) is 5.34. The van der Waals surface area contributed by atoms with E-state index in [0.29, 0.717) is 13.1 Å². The van der Waals surface area contributed by atoms with Gasteiger partial charge in [0.1, 0.15) is 0 Å². The summed E-state index contributed by atoms with van der Waals surface area (Å²) < 4.78 is 3.69. The number of nitrogens with zero attached hydrogens (tertiary/aromatic N) is 5. The lowest BCUT2D eigenvalue weighted by Gasteiger charge is -2.11. The minimum absolute atomic E-state index is 0. The number of aryl methyl sites for hydroxylation is 3. The van der Waals surface area contributed by atoms with Gasteiger partial charge < -0.3 is 10.6 Å². The van der Waals surface area contributed by atoms with Crippen LogP contribution in [0.5, 0.6) is 0 Å². The van der Waals surface area contributed by atoms with Gasteiger partial charge in [0, 0.05) is 50.2 Å². The Morgan fingerprint density at radius 3 is 2.52 bits per heavy atom. The molecule has 8 heteroatoms. The molecular formula is C15H26IN7. The van der Waals surface area contributed by atoms with Crippen LogP contribution in [0.1, 0.15) is 29.4 Å². The molecule has 0 aliphatic rings. The molecule has 0 radical (unpaired) electrons. The molecule has 128 valence electrons. The maximum Gasteiger partial charge on any atom is 0.191 e. The Balaban J connectivity index is 0.00000264. The Morgan fingerprint density at radius 1 is 1.26 bits per heavy atom. The van der Waals surface area contributed by atoms with Crippen molar-refractivity contribution in [3.05, 3.63) is 34.9 Å². The average molecular weight is 431 g/mol. The molecule has 0 atom stereocenters. The molecule has 0 bridgehead atoms. The summed E-state index contributed by atoms with van der Waals surface area (Å²) in [4.78, 5) is 4.59. The highest BCUT2D eigenvalue weighted by Crippen LogP contribution is 2.11. The first-order valence-corrected chi connectivity index (χ1v) is 7.50. The highest BCUT2D eigenvalue weighted by atomic mass is 127. The summed E-state index contributed by atoms with van der Waals surface area (Å²) in [6.45, 7) is 8.31. The minimum Gasteiger partial charge on any atom is -0.357 e. The molecule has 0 aromatic carbocycles. The van der Waals surface area contributed by atoms with Gasteiger partial charge in [0.15, 0.2) is 5.96 Å². The molecule has 0 saturated carbocycles. The molecule has 0 saturated heterocycles. The zero-order valence-electron chi connectivity index (χ0n) is 14.4. The molecule has 0 aliphatic heterocycles. The van der Waals surface area contributed by atoms with Crippen molar-refractivity contribution in [2.45, 2.75) is 33.9 Å². The number of halogens is 1. The Labute approximate surface area is 154 Å². The zero-order valence-corrected chi connectivity index (χ0v) is 16.8. The minimum atomic E-state index is 0. The second-order valence-corrected chi connectivity index (χ2v) is 5.34. The molecule has 2 heterocycles. The van der Waals surface area contributed by atoms with Crippen molar-refractivity contribution < 1.29 is 0 Å². The van der Waals surface area contributed by atoms with Crippen molar-refractivity contribution in [1.29, 1.82) is 0 Å². The molecule has 0 spiro atoms.